The summed E-state index contributed by atoms with van der Waals surface area (Å²) >= 11 is 0. The predicted octanol–water partition coefficient (Wildman–Crippen LogP) is 2.22. The molecule has 0 bridgehead atoms. The molecule has 0 heterocycles. The van der Waals surface area contributed by atoms with Crippen LogP contribution in [0.25, 0.3) is 0 Å². The third kappa shape index (κ3) is 0.957. The molecule has 2 rings (SSSR count). The van der Waals surface area contributed by atoms with Crippen molar-refractivity contribution in [3.05, 3.63) is 11.6 Å². The van der Waals surface area contributed by atoms with Crippen LogP contribution in [0, 0.1) is 23.2 Å². The van der Waals surface area contributed by atoms with Gasteiger partial charge >= 0.3 is 0 Å². The van der Waals surface area contributed by atoms with Gasteiger partial charge in [-0.3, -0.25) is 0 Å². The molecule has 2 aliphatic rings. The van der Waals surface area contributed by atoms with E-state index in [0.29, 0.717) is 17.9 Å². The maximum Gasteiger partial charge on any atom is 0.0496 e. The predicted molar refractivity (Wildman–Crippen MR) is 49.7 cm³/mol. The second kappa shape index (κ2) is 2.35. The average Bonchev–Trinajstić information content (AvgIpc) is 2.52. The van der Waals surface area contributed by atoms with E-state index in [1.807, 2.05) is 0 Å². The fourth-order valence-corrected chi connectivity index (χ4v) is 2.70. The van der Waals surface area contributed by atoms with Crippen LogP contribution in [0.4, 0.5) is 0 Å². The number of aliphatic hydroxyl groups is 1. The zero-order valence-electron chi connectivity index (χ0n) is 8.17. The first-order valence-corrected chi connectivity index (χ1v) is 4.86. The third-order valence-corrected chi connectivity index (χ3v) is 3.98. The van der Waals surface area contributed by atoms with Crippen molar-refractivity contribution >= 4 is 0 Å². The van der Waals surface area contributed by atoms with Gasteiger partial charge in [0.15, 0.2) is 0 Å². The summed E-state index contributed by atoms with van der Waals surface area (Å²) in [5.41, 5.74) is 1.93. The summed E-state index contributed by atoms with van der Waals surface area (Å²) in [6, 6.07) is 0. The van der Waals surface area contributed by atoms with Gasteiger partial charge in [-0.1, -0.05) is 25.5 Å². The quantitative estimate of drug-likeness (QED) is 0.592. The smallest absolute Gasteiger partial charge is 0.0496 e. The molecule has 12 heavy (non-hydrogen) atoms. The minimum atomic E-state index is 0.335. The highest BCUT2D eigenvalue weighted by Crippen LogP contribution is 2.64. The molecule has 0 spiro atoms. The molecule has 3 unspecified atom stereocenters. The Hall–Kier alpha value is -0.300. The Labute approximate surface area is 74.5 Å². The van der Waals surface area contributed by atoms with Gasteiger partial charge in [-0.2, -0.15) is 0 Å². The molecule has 0 aromatic heterocycles. The van der Waals surface area contributed by atoms with E-state index in [2.05, 4.69) is 26.8 Å². The normalized spacial score (nSPS) is 43.3. The maximum absolute atomic E-state index is 9.13. The summed E-state index contributed by atoms with van der Waals surface area (Å²) in [5.74, 6) is 2.10. The van der Waals surface area contributed by atoms with Crippen LogP contribution < -0.4 is 0 Å². The molecule has 2 aliphatic carbocycles. The Bertz CT molecular complexity index is 227. The standard InChI is InChI=1S/C11H18O/c1-7-4-9-10(11(9,2)3)5-8(7)6-12/h4,8-10,12H,5-6H2,1-3H3. The first-order chi connectivity index (χ1) is 5.57. The molecule has 1 N–H and O–H groups in total. The molecule has 1 heteroatoms. The topological polar surface area (TPSA) is 20.2 Å². The van der Waals surface area contributed by atoms with Crippen molar-refractivity contribution in [1.29, 1.82) is 0 Å². The van der Waals surface area contributed by atoms with Crippen molar-refractivity contribution in [3.8, 4) is 0 Å². The fourth-order valence-electron chi connectivity index (χ4n) is 2.70. The SMILES string of the molecule is CC1=CC2C(CC1CO)C2(C)C. The molecule has 0 aromatic rings. The first-order valence-electron chi connectivity index (χ1n) is 4.86. The number of allylic oxidation sites excluding steroid dienone is 1. The van der Waals surface area contributed by atoms with Gasteiger partial charge in [0.2, 0.25) is 0 Å². The van der Waals surface area contributed by atoms with E-state index in [4.69, 9.17) is 5.11 Å². The van der Waals surface area contributed by atoms with Gasteiger partial charge in [0, 0.05) is 12.5 Å². The summed E-state index contributed by atoms with van der Waals surface area (Å²) < 4.78 is 0. The minimum absolute atomic E-state index is 0.335. The Kier molecular flexibility index (Phi) is 1.63. The van der Waals surface area contributed by atoms with Crippen LogP contribution in [0.5, 0.6) is 0 Å². The largest absolute Gasteiger partial charge is 0.396 e. The lowest BCUT2D eigenvalue weighted by atomic mass is 9.89. The van der Waals surface area contributed by atoms with Crippen molar-refractivity contribution in [2.45, 2.75) is 27.2 Å². The number of hydrogen-bond acceptors (Lipinski definition) is 1. The number of hydrogen-bond donors (Lipinski definition) is 1. The zero-order chi connectivity index (χ0) is 8.93. The number of rotatable bonds is 1. The monoisotopic (exact) mass is 166 g/mol. The molecule has 68 valence electrons. The van der Waals surface area contributed by atoms with Crippen LogP contribution in [-0.2, 0) is 0 Å². The highest BCUT2D eigenvalue weighted by Gasteiger charge is 2.58. The molecule has 1 saturated carbocycles. The van der Waals surface area contributed by atoms with E-state index in [1.54, 1.807) is 0 Å². The van der Waals surface area contributed by atoms with E-state index in [9.17, 15) is 0 Å². The van der Waals surface area contributed by atoms with Crippen LogP contribution in [0.1, 0.15) is 27.2 Å². The van der Waals surface area contributed by atoms with Crippen LogP contribution in [0.2, 0.25) is 0 Å². The van der Waals surface area contributed by atoms with E-state index in [-0.39, 0.29) is 0 Å². The van der Waals surface area contributed by atoms with Crippen LogP contribution in [0.15, 0.2) is 11.6 Å². The van der Waals surface area contributed by atoms with E-state index >= 15 is 0 Å². The molecule has 0 saturated heterocycles. The molecule has 3 atom stereocenters. The minimum Gasteiger partial charge on any atom is -0.396 e. The molecule has 0 aliphatic heterocycles. The lowest BCUT2D eigenvalue weighted by molar-refractivity contribution is 0.227. The molecule has 1 fully saturated rings. The van der Waals surface area contributed by atoms with Crippen LogP contribution >= 0.6 is 0 Å². The van der Waals surface area contributed by atoms with Crippen molar-refractivity contribution in [1.82, 2.24) is 0 Å². The summed E-state index contributed by atoms with van der Waals surface area (Å²) in [4.78, 5) is 0. The number of fused-ring (bicyclic) bond motifs is 1. The second-order valence-electron chi connectivity index (χ2n) is 4.98. The van der Waals surface area contributed by atoms with Crippen LogP contribution in [-0.4, -0.2) is 11.7 Å². The molecular formula is C11H18O. The Morgan fingerprint density at radius 3 is 2.83 bits per heavy atom. The fraction of sp³-hybridized carbons (Fsp3) is 0.818. The lowest BCUT2D eigenvalue weighted by Crippen LogP contribution is -2.12. The Balaban J connectivity index is 2.16. The number of aliphatic hydroxyl groups excluding tert-OH is 1. The maximum atomic E-state index is 9.13. The van der Waals surface area contributed by atoms with Crippen molar-refractivity contribution < 1.29 is 5.11 Å². The zero-order valence-corrected chi connectivity index (χ0v) is 8.17. The van der Waals surface area contributed by atoms with Gasteiger partial charge in [0.1, 0.15) is 0 Å². The van der Waals surface area contributed by atoms with E-state index in [1.165, 1.54) is 12.0 Å². The Morgan fingerprint density at radius 2 is 2.25 bits per heavy atom. The Morgan fingerprint density at radius 1 is 1.58 bits per heavy atom. The van der Waals surface area contributed by atoms with Gasteiger partial charge in [-0.15, -0.1) is 0 Å². The van der Waals surface area contributed by atoms with Gasteiger partial charge < -0.3 is 5.11 Å². The van der Waals surface area contributed by atoms with Crippen molar-refractivity contribution in [3.63, 3.8) is 0 Å². The van der Waals surface area contributed by atoms with Crippen molar-refractivity contribution in [2.24, 2.45) is 23.2 Å². The van der Waals surface area contributed by atoms with Crippen molar-refractivity contribution in [2.75, 3.05) is 6.61 Å². The summed E-state index contributed by atoms with van der Waals surface area (Å²) in [7, 11) is 0. The van der Waals surface area contributed by atoms with Gasteiger partial charge in [0.05, 0.1) is 0 Å². The summed E-state index contributed by atoms with van der Waals surface area (Å²) in [5, 5.41) is 9.13. The molecule has 0 amide bonds. The summed E-state index contributed by atoms with van der Waals surface area (Å²) in [6.45, 7) is 7.17. The molecule has 1 nitrogen and oxygen atoms in total. The lowest BCUT2D eigenvalue weighted by Gasteiger charge is -2.18. The van der Waals surface area contributed by atoms with E-state index in [0.717, 1.165) is 11.8 Å². The van der Waals surface area contributed by atoms with Gasteiger partial charge in [-0.25, -0.2) is 0 Å². The third-order valence-electron chi connectivity index (χ3n) is 3.98. The molecule has 0 aromatic carbocycles. The molecular weight excluding hydrogens is 148 g/mol. The van der Waals surface area contributed by atoms with Gasteiger partial charge in [0.25, 0.3) is 0 Å². The van der Waals surface area contributed by atoms with Gasteiger partial charge in [-0.05, 0) is 30.6 Å². The first kappa shape index (κ1) is 8.31. The molecule has 0 radical (unpaired) electrons. The highest BCUT2D eigenvalue weighted by molar-refractivity contribution is 5.24. The van der Waals surface area contributed by atoms with E-state index < -0.39 is 0 Å². The average molecular weight is 166 g/mol. The second-order valence-corrected chi connectivity index (χ2v) is 4.98. The van der Waals surface area contributed by atoms with Crippen LogP contribution in [0.3, 0.4) is 0 Å². The summed E-state index contributed by atoms with van der Waals surface area (Å²) in [6.07, 6.45) is 3.59. The highest BCUT2D eigenvalue weighted by atomic mass is 16.3.